The number of rotatable bonds is 5. The number of carbonyl (C=O) groups is 1. The predicted molar refractivity (Wildman–Crippen MR) is 103 cm³/mol. The van der Waals surface area contributed by atoms with Crippen molar-refractivity contribution in [2.45, 2.75) is 18.9 Å². The standard InChI is InChI=1S/C17H19N7OS/c1-2-14(25)24-6-3-4-11(10-24)20-16-15-13(5-7-26-15)22-17(23-16)21-12-8-18-19-9-12/h2,5,7-9,11H,1,3-4,6,10H2,(H,18,19)(H2,20,21,22,23)/t11-/m1/s1. The van der Waals surface area contributed by atoms with Gasteiger partial charge in [-0.3, -0.25) is 9.89 Å². The molecule has 3 aromatic rings. The van der Waals surface area contributed by atoms with Crippen LogP contribution in [0.3, 0.4) is 0 Å². The molecule has 0 aromatic carbocycles. The maximum atomic E-state index is 11.9. The smallest absolute Gasteiger partial charge is 0.246 e. The zero-order chi connectivity index (χ0) is 17.9. The van der Waals surface area contributed by atoms with E-state index >= 15 is 0 Å². The lowest BCUT2D eigenvalue weighted by Crippen LogP contribution is -2.44. The van der Waals surface area contributed by atoms with Crippen LogP contribution >= 0.6 is 11.3 Å². The molecule has 1 fully saturated rings. The fraction of sp³-hybridized carbons (Fsp3) is 0.294. The third-order valence-electron chi connectivity index (χ3n) is 4.31. The molecule has 0 spiro atoms. The zero-order valence-corrected chi connectivity index (χ0v) is 14.9. The van der Waals surface area contributed by atoms with E-state index in [9.17, 15) is 4.79 Å². The van der Waals surface area contributed by atoms with Crippen LogP contribution in [0.1, 0.15) is 12.8 Å². The molecule has 0 aliphatic carbocycles. The van der Waals surface area contributed by atoms with E-state index in [0.29, 0.717) is 12.5 Å². The average Bonchev–Trinajstić information content (AvgIpc) is 3.33. The summed E-state index contributed by atoms with van der Waals surface area (Å²) in [6.45, 7) is 5.00. The lowest BCUT2D eigenvalue weighted by molar-refractivity contribution is -0.127. The van der Waals surface area contributed by atoms with Crippen LogP contribution in [-0.2, 0) is 4.79 Å². The lowest BCUT2D eigenvalue weighted by Gasteiger charge is -2.32. The number of fused-ring (bicyclic) bond motifs is 1. The normalized spacial score (nSPS) is 17.2. The SMILES string of the molecule is C=CC(=O)N1CCC[C@@H](Nc2nc(Nc3cn[nH]c3)nc3ccsc23)C1. The summed E-state index contributed by atoms with van der Waals surface area (Å²) in [5.74, 6) is 1.27. The Labute approximate surface area is 154 Å². The molecule has 3 aromatic heterocycles. The van der Waals surface area contributed by atoms with E-state index in [1.54, 1.807) is 23.7 Å². The third kappa shape index (κ3) is 3.38. The van der Waals surface area contributed by atoms with E-state index in [4.69, 9.17) is 0 Å². The molecule has 0 radical (unpaired) electrons. The van der Waals surface area contributed by atoms with Crippen molar-refractivity contribution in [2.75, 3.05) is 23.7 Å². The number of amides is 1. The number of aromatic amines is 1. The van der Waals surface area contributed by atoms with Gasteiger partial charge < -0.3 is 15.5 Å². The summed E-state index contributed by atoms with van der Waals surface area (Å²) in [5.41, 5.74) is 1.68. The largest absolute Gasteiger partial charge is 0.364 e. The Bertz CT molecular complexity index is 920. The maximum absolute atomic E-state index is 11.9. The Hall–Kier alpha value is -2.94. The minimum Gasteiger partial charge on any atom is -0.364 e. The first-order valence-electron chi connectivity index (χ1n) is 8.42. The van der Waals surface area contributed by atoms with Gasteiger partial charge in [-0.1, -0.05) is 6.58 Å². The number of nitrogens with one attached hydrogen (secondary N) is 3. The summed E-state index contributed by atoms with van der Waals surface area (Å²) < 4.78 is 1.01. The predicted octanol–water partition coefficient (Wildman–Crippen LogP) is 2.75. The highest BCUT2D eigenvalue weighted by atomic mass is 32.1. The van der Waals surface area contributed by atoms with Crippen LogP contribution in [0, 0.1) is 0 Å². The van der Waals surface area contributed by atoms with Gasteiger partial charge in [0.1, 0.15) is 5.82 Å². The number of likely N-dealkylation sites (tertiary alicyclic amines) is 1. The van der Waals surface area contributed by atoms with Crippen LogP contribution in [0.5, 0.6) is 0 Å². The first kappa shape index (κ1) is 16.5. The first-order chi connectivity index (χ1) is 12.7. The van der Waals surface area contributed by atoms with Gasteiger partial charge >= 0.3 is 0 Å². The van der Waals surface area contributed by atoms with Crippen LogP contribution in [0.2, 0.25) is 0 Å². The molecular formula is C17H19N7OS. The monoisotopic (exact) mass is 369 g/mol. The number of anilines is 3. The number of thiophene rings is 1. The van der Waals surface area contributed by atoms with Crippen molar-refractivity contribution >= 4 is 44.9 Å². The Balaban J connectivity index is 1.58. The summed E-state index contributed by atoms with van der Waals surface area (Å²) in [6, 6.07) is 2.12. The molecule has 1 saturated heterocycles. The van der Waals surface area contributed by atoms with Gasteiger partial charge in [0.05, 0.1) is 22.1 Å². The quantitative estimate of drug-likeness (QED) is 0.598. The molecule has 0 saturated carbocycles. The number of H-pyrrole nitrogens is 1. The van der Waals surface area contributed by atoms with Crippen molar-refractivity contribution in [2.24, 2.45) is 0 Å². The maximum Gasteiger partial charge on any atom is 0.246 e. The molecule has 4 heterocycles. The van der Waals surface area contributed by atoms with Crippen molar-refractivity contribution in [1.82, 2.24) is 25.1 Å². The van der Waals surface area contributed by atoms with Crippen LogP contribution < -0.4 is 10.6 Å². The minimum absolute atomic E-state index is 0.0252. The topological polar surface area (TPSA) is 98.8 Å². The Morgan fingerprint density at radius 3 is 3.19 bits per heavy atom. The fourth-order valence-corrected chi connectivity index (χ4v) is 3.87. The van der Waals surface area contributed by atoms with E-state index in [1.165, 1.54) is 6.08 Å². The molecule has 1 amide bonds. The van der Waals surface area contributed by atoms with Crippen molar-refractivity contribution in [3.8, 4) is 0 Å². The molecule has 0 bridgehead atoms. The van der Waals surface area contributed by atoms with Crippen molar-refractivity contribution in [3.63, 3.8) is 0 Å². The van der Waals surface area contributed by atoms with Gasteiger partial charge in [0.25, 0.3) is 0 Å². The van der Waals surface area contributed by atoms with Crippen molar-refractivity contribution in [3.05, 3.63) is 36.5 Å². The number of nitrogens with zero attached hydrogens (tertiary/aromatic N) is 4. The van der Waals surface area contributed by atoms with Gasteiger partial charge in [0, 0.05) is 25.3 Å². The molecule has 26 heavy (non-hydrogen) atoms. The minimum atomic E-state index is -0.0252. The first-order valence-corrected chi connectivity index (χ1v) is 9.30. The van der Waals surface area contributed by atoms with Crippen LogP contribution in [0.15, 0.2) is 36.5 Å². The number of aromatic nitrogens is 4. The highest BCUT2D eigenvalue weighted by Crippen LogP contribution is 2.29. The second kappa shape index (κ2) is 7.12. The van der Waals surface area contributed by atoms with Gasteiger partial charge in [-0.2, -0.15) is 10.1 Å². The molecule has 1 atom stereocenters. The summed E-state index contributed by atoms with van der Waals surface area (Å²) in [6.07, 6.45) is 6.73. The molecule has 4 rings (SSSR count). The van der Waals surface area contributed by atoms with Crippen LogP contribution in [0.4, 0.5) is 17.5 Å². The van der Waals surface area contributed by atoms with Gasteiger partial charge in [-0.05, 0) is 30.4 Å². The van der Waals surface area contributed by atoms with E-state index in [0.717, 1.165) is 41.1 Å². The van der Waals surface area contributed by atoms with Crippen LogP contribution in [-0.4, -0.2) is 50.1 Å². The molecule has 1 aliphatic heterocycles. The molecule has 134 valence electrons. The van der Waals surface area contributed by atoms with Gasteiger partial charge in [-0.25, -0.2) is 4.98 Å². The highest BCUT2D eigenvalue weighted by molar-refractivity contribution is 7.17. The number of hydrogen-bond acceptors (Lipinski definition) is 7. The number of piperidine rings is 1. The molecule has 9 heteroatoms. The van der Waals surface area contributed by atoms with Gasteiger partial charge in [0.15, 0.2) is 0 Å². The molecule has 8 nitrogen and oxygen atoms in total. The van der Waals surface area contributed by atoms with E-state index < -0.39 is 0 Å². The summed E-state index contributed by atoms with van der Waals surface area (Å²) >= 11 is 1.60. The molecule has 0 unspecified atom stereocenters. The average molecular weight is 369 g/mol. The fourth-order valence-electron chi connectivity index (χ4n) is 3.08. The van der Waals surface area contributed by atoms with Gasteiger partial charge in [0.2, 0.25) is 11.9 Å². The van der Waals surface area contributed by atoms with Crippen molar-refractivity contribution < 1.29 is 4.79 Å². The van der Waals surface area contributed by atoms with E-state index in [-0.39, 0.29) is 11.9 Å². The van der Waals surface area contributed by atoms with E-state index in [1.807, 2.05) is 16.3 Å². The van der Waals surface area contributed by atoms with E-state index in [2.05, 4.69) is 37.4 Å². The Morgan fingerprint density at radius 1 is 1.46 bits per heavy atom. The summed E-state index contributed by atoms with van der Waals surface area (Å²) in [4.78, 5) is 22.9. The van der Waals surface area contributed by atoms with Gasteiger partial charge in [-0.15, -0.1) is 11.3 Å². The number of carbonyl (C=O) groups excluding carboxylic acids is 1. The third-order valence-corrected chi connectivity index (χ3v) is 5.22. The molecule has 3 N–H and O–H groups in total. The molecular weight excluding hydrogens is 350 g/mol. The second-order valence-electron chi connectivity index (χ2n) is 6.11. The highest BCUT2D eigenvalue weighted by Gasteiger charge is 2.23. The Morgan fingerprint density at radius 2 is 2.38 bits per heavy atom. The summed E-state index contributed by atoms with van der Waals surface area (Å²) in [5, 5.41) is 15.3. The lowest BCUT2D eigenvalue weighted by atomic mass is 10.1. The van der Waals surface area contributed by atoms with Crippen LogP contribution in [0.25, 0.3) is 10.2 Å². The number of hydrogen-bond donors (Lipinski definition) is 3. The summed E-state index contributed by atoms with van der Waals surface area (Å²) in [7, 11) is 0. The Kier molecular flexibility index (Phi) is 4.53. The van der Waals surface area contributed by atoms with Crippen molar-refractivity contribution in [1.29, 1.82) is 0 Å². The zero-order valence-electron chi connectivity index (χ0n) is 14.1. The molecule has 1 aliphatic rings. The second-order valence-corrected chi connectivity index (χ2v) is 7.03.